The SMILES string of the molecule is COCCc1ccc(Cl)c(CN(C(=O)[C@H]2CN(C(=O)O)CC[C@]2(OC)c2ccc(F)c(F)c2)C2CC2)c1. The fourth-order valence-electron chi connectivity index (χ4n) is 5.13. The Morgan fingerprint density at radius 2 is 1.92 bits per heavy atom. The van der Waals surface area contributed by atoms with Gasteiger partial charge in [0.1, 0.15) is 5.60 Å². The second-order valence-electron chi connectivity index (χ2n) is 9.62. The molecule has 1 heterocycles. The van der Waals surface area contributed by atoms with Gasteiger partial charge in [0.25, 0.3) is 0 Å². The fourth-order valence-corrected chi connectivity index (χ4v) is 5.31. The van der Waals surface area contributed by atoms with Gasteiger partial charge in [-0.3, -0.25) is 4.79 Å². The average molecular weight is 537 g/mol. The lowest BCUT2D eigenvalue weighted by Gasteiger charge is -2.47. The number of carboxylic acid groups (broad SMARTS) is 1. The monoisotopic (exact) mass is 536 g/mol. The van der Waals surface area contributed by atoms with E-state index < -0.39 is 29.2 Å². The van der Waals surface area contributed by atoms with Crippen LogP contribution in [0.3, 0.4) is 0 Å². The molecule has 0 aromatic heterocycles. The van der Waals surface area contributed by atoms with E-state index in [0.29, 0.717) is 23.6 Å². The first kappa shape index (κ1) is 27.3. The van der Waals surface area contributed by atoms with Crippen LogP contribution < -0.4 is 0 Å². The number of rotatable bonds is 9. The van der Waals surface area contributed by atoms with Gasteiger partial charge in [-0.2, -0.15) is 0 Å². The molecule has 0 radical (unpaired) electrons. The third-order valence-corrected chi connectivity index (χ3v) is 7.75. The number of benzene rings is 2. The number of likely N-dealkylation sites (tertiary alicyclic amines) is 1. The summed E-state index contributed by atoms with van der Waals surface area (Å²) in [6.45, 7) is 0.739. The van der Waals surface area contributed by atoms with Crippen LogP contribution in [-0.4, -0.2) is 66.9 Å². The van der Waals surface area contributed by atoms with Crippen LogP contribution in [-0.2, 0) is 32.8 Å². The highest BCUT2D eigenvalue weighted by Crippen LogP contribution is 2.44. The summed E-state index contributed by atoms with van der Waals surface area (Å²) in [4.78, 5) is 29.0. The van der Waals surface area contributed by atoms with Gasteiger partial charge in [0.2, 0.25) is 5.91 Å². The number of ether oxygens (including phenoxy) is 2. The number of nitrogens with zero attached hydrogens (tertiary/aromatic N) is 2. The first-order valence-corrected chi connectivity index (χ1v) is 12.6. The molecule has 200 valence electrons. The van der Waals surface area contributed by atoms with Gasteiger partial charge in [-0.1, -0.05) is 29.8 Å². The van der Waals surface area contributed by atoms with Gasteiger partial charge in [0.15, 0.2) is 11.6 Å². The molecule has 0 bridgehead atoms. The lowest BCUT2D eigenvalue weighted by atomic mass is 9.74. The topological polar surface area (TPSA) is 79.3 Å². The molecule has 10 heteroatoms. The number of amides is 2. The van der Waals surface area contributed by atoms with E-state index >= 15 is 0 Å². The number of methoxy groups -OCH3 is 2. The molecule has 2 aromatic carbocycles. The Morgan fingerprint density at radius 3 is 2.54 bits per heavy atom. The van der Waals surface area contributed by atoms with Crippen molar-refractivity contribution in [3.8, 4) is 0 Å². The number of carbonyl (C=O) groups is 2. The predicted octanol–water partition coefficient (Wildman–Crippen LogP) is 4.84. The van der Waals surface area contributed by atoms with Crippen molar-refractivity contribution in [2.45, 2.75) is 43.9 Å². The van der Waals surface area contributed by atoms with Crippen molar-refractivity contribution in [1.29, 1.82) is 0 Å². The quantitative estimate of drug-likeness (QED) is 0.496. The summed E-state index contributed by atoms with van der Waals surface area (Å²) in [5, 5.41) is 10.2. The smallest absolute Gasteiger partial charge is 0.407 e. The van der Waals surface area contributed by atoms with Crippen molar-refractivity contribution < 1.29 is 33.0 Å². The highest BCUT2D eigenvalue weighted by atomic mass is 35.5. The second-order valence-corrected chi connectivity index (χ2v) is 10.0. The largest absolute Gasteiger partial charge is 0.465 e. The molecule has 2 aliphatic rings. The van der Waals surface area contributed by atoms with Gasteiger partial charge in [-0.25, -0.2) is 13.6 Å². The normalized spacial score (nSPS) is 21.6. The number of hydrogen-bond donors (Lipinski definition) is 1. The van der Waals surface area contributed by atoms with E-state index in [9.17, 15) is 23.5 Å². The number of halogens is 3. The second kappa shape index (κ2) is 11.3. The molecule has 1 N–H and O–H groups in total. The maximum absolute atomic E-state index is 14.3. The lowest BCUT2D eigenvalue weighted by molar-refractivity contribution is -0.159. The van der Waals surface area contributed by atoms with Gasteiger partial charge < -0.3 is 24.4 Å². The zero-order chi connectivity index (χ0) is 26.7. The number of carbonyl (C=O) groups excluding carboxylic acids is 1. The van der Waals surface area contributed by atoms with Crippen molar-refractivity contribution in [3.63, 3.8) is 0 Å². The van der Waals surface area contributed by atoms with Gasteiger partial charge in [-0.15, -0.1) is 0 Å². The molecule has 2 amide bonds. The number of hydrogen-bond acceptors (Lipinski definition) is 4. The average Bonchev–Trinajstić information content (AvgIpc) is 3.73. The van der Waals surface area contributed by atoms with Crippen molar-refractivity contribution in [2.75, 3.05) is 33.9 Å². The minimum Gasteiger partial charge on any atom is -0.465 e. The van der Waals surface area contributed by atoms with E-state index in [1.54, 1.807) is 18.1 Å². The van der Waals surface area contributed by atoms with Crippen LogP contribution in [0.15, 0.2) is 36.4 Å². The standard InChI is InChI=1S/C27H31ClF2N2O5/c1-36-12-9-17-3-7-22(28)18(13-17)15-32(20-5-6-20)25(33)21-16-31(26(34)35)11-10-27(21,37-2)19-4-8-23(29)24(30)14-19/h3-4,7-8,13-14,20-21H,5-6,9-12,15-16H2,1-2H3,(H,34,35)/t21-,27+/m1/s1. The van der Waals surface area contributed by atoms with E-state index in [1.165, 1.54) is 18.1 Å². The van der Waals surface area contributed by atoms with Gasteiger partial charge in [0.05, 0.1) is 12.5 Å². The van der Waals surface area contributed by atoms with Gasteiger partial charge in [0, 0.05) is 44.9 Å². The van der Waals surface area contributed by atoms with Crippen LogP contribution in [0, 0.1) is 17.6 Å². The van der Waals surface area contributed by atoms with E-state index in [0.717, 1.165) is 36.1 Å². The zero-order valence-corrected chi connectivity index (χ0v) is 21.6. The van der Waals surface area contributed by atoms with Crippen LogP contribution in [0.5, 0.6) is 0 Å². The van der Waals surface area contributed by atoms with Crippen molar-refractivity contribution >= 4 is 23.6 Å². The van der Waals surface area contributed by atoms with Crippen LogP contribution in [0.2, 0.25) is 5.02 Å². The summed E-state index contributed by atoms with van der Waals surface area (Å²) in [6.07, 6.45) is 1.28. The minimum absolute atomic E-state index is 0.0223. The third kappa shape index (κ3) is 5.73. The Labute approximate surface area is 219 Å². The molecule has 1 aliphatic carbocycles. The summed E-state index contributed by atoms with van der Waals surface area (Å²) in [5.74, 6) is -3.34. The van der Waals surface area contributed by atoms with E-state index in [2.05, 4.69) is 0 Å². The Bertz CT molecular complexity index is 1160. The molecule has 2 atom stereocenters. The van der Waals surface area contributed by atoms with Gasteiger partial charge >= 0.3 is 6.09 Å². The Balaban J connectivity index is 1.71. The van der Waals surface area contributed by atoms with E-state index in [-0.39, 0.29) is 38.0 Å². The molecule has 7 nitrogen and oxygen atoms in total. The summed E-state index contributed by atoms with van der Waals surface area (Å²) in [6, 6.07) is 9.08. The molecule has 0 spiro atoms. The highest BCUT2D eigenvalue weighted by Gasteiger charge is 2.52. The highest BCUT2D eigenvalue weighted by molar-refractivity contribution is 6.31. The molecule has 2 aromatic rings. The zero-order valence-electron chi connectivity index (χ0n) is 20.9. The summed E-state index contributed by atoms with van der Waals surface area (Å²) in [5.41, 5.74) is 0.770. The summed E-state index contributed by atoms with van der Waals surface area (Å²) < 4.78 is 39.1. The van der Waals surface area contributed by atoms with Crippen molar-refractivity contribution in [2.24, 2.45) is 5.92 Å². The lowest BCUT2D eigenvalue weighted by Crippen LogP contribution is -2.58. The Kier molecular flexibility index (Phi) is 8.36. The van der Waals surface area contributed by atoms with E-state index in [4.69, 9.17) is 21.1 Å². The Hall–Kier alpha value is -2.75. The maximum Gasteiger partial charge on any atom is 0.407 e. The maximum atomic E-state index is 14.3. The molecular weight excluding hydrogens is 506 g/mol. The predicted molar refractivity (Wildman–Crippen MR) is 133 cm³/mol. The van der Waals surface area contributed by atoms with Crippen LogP contribution >= 0.6 is 11.6 Å². The Morgan fingerprint density at radius 1 is 1.16 bits per heavy atom. The van der Waals surface area contributed by atoms with Crippen LogP contribution in [0.25, 0.3) is 0 Å². The van der Waals surface area contributed by atoms with E-state index in [1.807, 2.05) is 12.1 Å². The molecule has 37 heavy (non-hydrogen) atoms. The third-order valence-electron chi connectivity index (χ3n) is 7.38. The molecule has 1 aliphatic heterocycles. The molecule has 1 saturated heterocycles. The molecule has 2 fully saturated rings. The summed E-state index contributed by atoms with van der Waals surface area (Å²) >= 11 is 6.51. The number of piperidine rings is 1. The fraction of sp³-hybridized carbons (Fsp3) is 0.481. The van der Waals surface area contributed by atoms with Crippen LogP contribution in [0.4, 0.5) is 13.6 Å². The first-order chi connectivity index (χ1) is 17.7. The first-order valence-electron chi connectivity index (χ1n) is 12.3. The summed E-state index contributed by atoms with van der Waals surface area (Å²) in [7, 11) is 3.04. The molecule has 1 saturated carbocycles. The molecule has 4 rings (SSSR count). The minimum atomic E-state index is -1.32. The van der Waals surface area contributed by atoms with Crippen molar-refractivity contribution in [1.82, 2.24) is 9.80 Å². The van der Waals surface area contributed by atoms with Gasteiger partial charge in [-0.05, 0) is 60.6 Å². The molecular formula is C27H31ClF2N2O5. The van der Waals surface area contributed by atoms with Crippen molar-refractivity contribution in [3.05, 3.63) is 69.7 Å². The molecule has 0 unspecified atom stereocenters. The van der Waals surface area contributed by atoms with Crippen LogP contribution in [0.1, 0.15) is 36.0 Å².